The van der Waals surface area contributed by atoms with Gasteiger partial charge in [-0.15, -0.1) is 11.3 Å². The molecule has 236 valence electrons. The highest BCUT2D eigenvalue weighted by Gasteiger charge is 2.34. The lowest BCUT2D eigenvalue weighted by molar-refractivity contribution is 0.0646. The molecule has 0 N–H and O–H groups in total. The van der Waals surface area contributed by atoms with Crippen LogP contribution in [0.25, 0.3) is 20.5 Å². The molecule has 0 radical (unpaired) electrons. The van der Waals surface area contributed by atoms with Gasteiger partial charge in [0.1, 0.15) is 5.75 Å². The predicted molar refractivity (Wildman–Crippen MR) is 186 cm³/mol. The van der Waals surface area contributed by atoms with Gasteiger partial charge in [0.2, 0.25) is 0 Å². The van der Waals surface area contributed by atoms with Gasteiger partial charge in [0.25, 0.3) is 11.8 Å². The number of amides is 2. The summed E-state index contributed by atoms with van der Waals surface area (Å²) >= 11 is 1.82. The zero-order valence-electron chi connectivity index (χ0n) is 26.3. The summed E-state index contributed by atoms with van der Waals surface area (Å²) in [4.78, 5) is 30.1. The van der Waals surface area contributed by atoms with Crippen molar-refractivity contribution in [3.05, 3.63) is 125 Å². The van der Waals surface area contributed by atoms with Gasteiger partial charge in [-0.05, 0) is 103 Å². The molecule has 0 bridgehead atoms. The van der Waals surface area contributed by atoms with Crippen LogP contribution >= 0.6 is 11.3 Å². The van der Waals surface area contributed by atoms with E-state index in [1.807, 2.05) is 23.5 Å². The summed E-state index contributed by atoms with van der Waals surface area (Å²) in [7, 11) is 1.76. The topological polar surface area (TPSA) is 59.1 Å². The van der Waals surface area contributed by atoms with Crippen molar-refractivity contribution in [1.82, 2.24) is 9.80 Å². The van der Waals surface area contributed by atoms with Crippen LogP contribution in [0.1, 0.15) is 51.1 Å². The Labute approximate surface area is 275 Å². The molecule has 7 heteroatoms. The summed E-state index contributed by atoms with van der Waals surface area (Å²) in [5, 5.41) is 1.31. The summed E-state index contributed by atoms with van der Waals surface area (Å²) in [6.45, 7) is 5.34. The lowest BCUT2D eigenvalue weighted by atomic mass is 9.99. The third-order valence-electron chi connectivity index (χ3n) is 8.52. The molecule has 4 aromatic carbocycles. The molecule has 1 saturated heterocycles. The Morgan fingerprint density at radius 1 is 0.717 bits per heavy atom. The van der Waals surface area contributed by atoms with E-state index in [9.17, 15) is 9.59 Å². The second-order valence-corrected chi connectivity index (χ2v) is 12.7. The molecule has 0 saturated carbocycles. The van der Waals surface area contributed by atoms with Gasteiger partial charge in [-0.1, -0.05) is 60.7 Å². The van der Waals surface area contributed by atoms with E-state index in [1.165, 1.54) is 62.5 Å². The zero-order valence-corrected chi connectivity index (χ0v) is 27.1. The standard InChI is InChI=1S/C32H25NO3S.C7H15NO/c34-31-26-12-4-5-13-27(26)32(35)33(31)19-8-20-36-24-17-15-23(16-18-24)30-28(21-22-9-2-1-3-10-22)25-11-6-7-14-29(25)37-30;1-9-7-6-8-4-2-3-5-8/h1-7,9-18H,8,19-21H2;2-7H2,1H3. The number of hydrogen-bond acceptors (Lipinski definition) is 6. The summed E-state index contributed by atoms with van der Waals surface area (Å²) in [5.74, 6) is 0.330. The number of fused-ring (bicyclic) bond motifs is 2. The number of likely N-dealkylation sites (tertiary alicyclic amines) is 1. The van der Waals surface area contributed by atoms with Gasteiger partial charge in [0.15, 0.2) is 0 Å². The Kier molecular flexibility index (Phi) is 10.6. The average Bonchev–Trinajstić information content (AvgIpc) is 3.81. The largest absolute Gasteiger partial charge is 0.494 e. The first-order valence-electron chi connectivity index (χ1n) is 16.1. The van der Waals surface area contributed by atoms with Gasteiger partial charge in [0.05, 0.1) is 24.3 Å². The van der Waals surface area contributed by atoms with Crippen LogP contribution in [0.4, 0.5) is 0 Å². The average molecular weight is 633 g/mol. The number of carbonyl (C=O) groups excluding carboxylic acids is 2. The van der Waals surface area contributed by atoms with E-state index in [-0.39, 0.29) is 11.8 Å². The monoisotopic (exact) mass is 632 g/mol. The molecule has 0 atom stereocenters. The van der Waals surface area contributed by atoms with Crippen LogP contribution < -0.4 is 4.74 Å². The van der Waals surface area contributed by atoms with Crippen LogP contribution in [0.5, 0.6) is 5.75 Å². The Morgan fingerprint density at radius 3 is 2.07 bits per heavy atom. The molecule has 46 heavy (non-hydrogen) atoms. The Bertz CT molecular complexity index is 1730. The second-order valence-electron chi connectivity index (χ2n) is 11.6. The quantitative estimate of drug-likeness (QED) is 0.109. The normalized spacial score (nSPS) is 14.4. The van der Waals surface area contributed by atoms with Crippen molar-refractivity contribution in [2.24, 2.45) is 0 Å². The highest BCUT2D eigenvalue weighted by Crippen LogP contribution is 2.40. The van der Waals surface area contributed by atoms with Crippen molar-refractivity contribution in [3.63, 3.8) is 0 Å². The van der Waals surface area contributed by atoms with Crippen molar-refractivity contribution in [2.45, 2.75) is 25.7 Å². The van der Waals surface area contributed by atoms with E-state index in [0.29, 0.717) is 30.7 Å². The van der Waals surface area contributed by atoms with Gasteiger partial charge in [-0.2, -0.15) is 0 Å². The molecule has 2 amide bonds. The fraction of sp³-hybridized carbons (Fsp3) is 0.282. The minimum Gasteiger partial charge on any atom is -0.494 e. The third kappa shape index (κ3) is 7.39. The molecule has 6 nitrogen and oxygen atoms in total. The van der Waals surface area contributed by atoms with Gasteiger partial charge in [0, 0.05) is 29.8 Å². The van der Waals surface area contributed by atoms with Gasteiger partial charge >= 0.3 is 0 Å². The Morgan fingerprint density at radius 2 is 1.37 bits per heavy atom. The first kappa shape index (κ1) is 31.7. The number of thiophene rings is 1. The van der Waals surface area contributed by atoms with Crippen molar-refractivity contribution in [2.75, 3.05) is 46.5 Å². The fourth-order valence-electron chi connectivity index (χ4n) is 6.09. The smallest absolute Gasteiger partial charge is 0.261 e. The predicted octanol–water partition coefficient (Wildman–Crippen LogP) is 7.95. The molecular weight excluding hydrogens is 593 g/mol. The van der Waals surface area contributed by atoms with E-state index in [0.717, 1.165) is 25.3 Å². The van der Waals surface area contributed by atoms with E-state index in [2.05, 4.69) is 71.6 Å². The number of ether oxygens (including phenoxy) is 2. The SMILES string of the molecule is COCCN1CCCC1.O=C1c2ccccc2C(=O)N1CCCOc1ccc(-c2sc3ccccc3c2Cc2ccccc2)cc1. The minimum absolute atomic E-state index is 0.223. The molecule has 0 spiro atoms. The van der Waals surface area contributed by atoms with Gasteiger partial charge < -0.3 is 14.4 Å². The van der Waals surface area contributed by atoms with Crippen LogP contribution in [0.3, 0.4) is 0 Å². The highest BCUT2D eigenvalue weighted by atomic mass is 32.1. The van der Waals surface area contributed by atoms with E-state index in [1.54, 1.807) is 31.4 Å². The molecule has 2 aliphatic rings. The van der Waals surface area contributed by atoms with Crippen molar-refractivity contribution in [1.29, 1.82) is 0 Å². The van der Waals surface area contributed by atoms with Gasteiger partial charge in [-0.3, -0.25) is 14.5 Å². The molecule has 1 aromatic heterocycles. The van der Waals surface area contributed by atoms with E-state index in [4.69, 9.17) is 9.47 Å². The number of carbonyl (C=O) groups is 2. The van der Waals surface area contributed by atoms with Crippen LogP contribution in [-0.4, -0.2) is 68.1 Å². The minimum atomic E-state index is -0.223. The maximum atomic E-state index is 12.5. The summed E-state index contributed by atoms with van der Waals surface area (Å²) in [6.07, 6.45) is 4.22. The third-order valence-corrected chi connectivity index (χ3v) is 9.78. The van der Waals surface area contributed by atoms with Crippen LogP contribution in [0.2, 0.25) is 0 Å². The number of imide groups is 1. The Hall–Kier alpha value is -4.30. The first-order chi connectivity index (χ1) is 22.6. The number of methoxy groups -OCH3 is 1. The molecule has 1 fully saturated rings. The van der Waals surface area contributed by atoms with Crippen LogP contribution in [0, 0.1) is 0 Å². The van der Waals surface area contributed by atoms with Crippen LogP contribution in [0.15, 0.2) is 103 Å². The maximum absolute atomic E-state index is 12.5. The molecular formula is C39H40N2O4S. The van der Waals surface area contributed by atoms with Crippen molar-refractivity contribution >= 4 is 33.2 Å². The van der Waals surface area contributed by atoms with Gasteiger partial charge in [-0.25, -0.2) is 0 Å². The highest BCUT2D eigenvalue weighted by molar-refractivity contribution is 7.22. The summed E-state index contributed by atoms with van der Waals surface area (Å²) < 4.78 is 12.2. The molecule has 0 aliphatic carbocycles. The lowest BCUT2D eigenvalue weighted by Crippen LogP contribution is -2.31. The lowest BCUT2D eigenvalue weighted by Gasteiger charge is -2.14. The van der Waals surface area contributed by atoms with E-state index < -0.39 is 0 Å². The molecule has 7 rings (SSSR count). The summed E-state index contributed by atoms with van der Waals surface area (Å²) in [5.41, 5.74) is 4.78. The van der Waals surface area contributed by atoms with Crippen molar-refractivity contribution < 1.29 is 19.1 Å². The fourth-order valence-corrected chi connectivity index (χ4v) is 7.32. The van der Waals surface area contributed by atoms with E-state index >= 15 is 0 Å². The van der Waals surface area contributed by atoms with Crippen LogP contribution in [-0.2, 0) is 11.2 Å². The first-order valence-corrected chi connectivity index (χ1v) is 16.9. The number of benzene rings is 4. The molecule has 2 aliphatic heterocycles. The molecule has 5 aromatic rings. The number of rotatable bonds is 11. The maximum Gasteiger partial charge on any atom is 0.261 e. The van der Waals surface area contributed by atoms with Crippen molar-refractivity contribution in [3.8, 4) is 16.2 Å². The number of hydrogen-bond donors (Lipinski definition) is 0. The Balaban J connectivity index is 0.000000358. The molecule has 3 heterocycles. The second kappa shape index (κ2) is 15.3. The zero-order chi connectivity index (χ0) is 31.7. The summed E-state index contributed by atoms with van der Waals surface area (Å²) in [6, 6.07) is 34.3. The number of nitrogens with zero attached hydrogens (tertiary/aromatic N) is 2. The molecule has 0 unspecified atom stereocenters.